The Kier molecular flexibility index (Phi) is 4.18. The number of piperazine rings is 1. The summed E-state index contributed by atoms with van der Waals surface area (Å²) in [6.45, 7) is 3.61. The maximum absolute atomic E-state index is 12.5. The molecule has 0 amide bonds. The van der Waals surface area contributed by atoms with E-state index in [-0.39, 0.29) is 16.0 Å². The molecule has 4 nitrogen and oxygen atoms in total. The Morgan fingerprint density at radius 1 is 1.39 bits per heavy atom. The van der Waals surface area contributed by atoms with Crippen LogP contribution in [0.2, 0.25) is 10.0 Å². The van der Waals surface area contributed by atoms with Crippen LogP contribution in [-0.2, 0) is 10.0 Å². The first-order valence-corrected chi connectivity index (χ1v) is 7.80. The number of nitrogens with zero attached hydrogens (tertiary/aromatic N) is 1. The highest BCUT2D eigenvalue weighted by molar-refractivity contribution is 7.89. The Morgan fingerprint density at radius 3 is 2.72 bits per heavy atom. The summed E-state index contributed by atoms with van der Waals surface area (Å²) < 4.78 is 26.5. The molecule has 0 bridgehead atoms. The van der Waals surface area contributed by atoms with Gasteiger partial charge in [-0.2, -0.15) is 4.31 Å². The lowest BCUT2D eigenvalue weighted by atomic mass is 10.3. The Morgan fingerprint density at radius 2 is 2.11 bits per heavy atom. The minimum atomic E-state index is -3.56. The molecule has 1 heterocycles. The van der Waals surface area contributed by atoms with Gasteiger partial charge in [0, 0.05) is 30.7 Å². The third-order valence-electron chi connectivity index (χ3n) is 2.92. The van der Waals surface area contributed by atoms with Crippen molar-refractivity contribution in [2.75, 3.05) is 19.6 Å². The Bertz CT molecular complexity index is 548. The van der Waals surface area contributed by atoms with Gasteiger partial charge in [-0.15, -0.1) is 0 Å². The number of benzene rings is 1. The first kappa shape index (κ1) is 14.1. The van der Waals surface area contributed by atoms with Gasteiger partial charge in [0.15, 0.2) is 0 Å². The van der Waals surface area contributed by atoms with E-state index >= 15 is 0 Å². The van der Waals surface area contributed by atoms with Gasteiger partial charge in [0.25, 0.3) is 0 Å². The number of halogens is 2. The summed E-state index contributed by atoms with van der Waals surface area (Å²) >= 11 is 11.8. The van der Waals surface area contributed by atoms with E-state index in [4.69, 9.17) is 23.2 Å². The standard InChI is InChI=1S/C11H14Cl2N2O2S/c1-8-7-14-4-5-15(8)18(16,17)11-3-2-9(12)6-10(11)13/h2-3,6,8,14H,4-5,7H2,1H3/t8-/m1/s1. The fourth-order valence-corrected chi connectivity index (χ4v) is 4.37. The van der Waals surface area contributed by atoms with Crippen LogP contribution in [0.5, 0.6) is 0 Å². The molecule has 1 aliphatic heterocycles. The molecule has 1 aliphatic rings. The molecule has 0 spiro atoms. The molecular weight excluding hydrogens is 295 g/mol. The van der Waals surface area contributed by atoms with E-state index in [1.54, 1.807) is 0 Å². The van der Waals surface area contributed by atoms with Crippen molar-refractivity contribution < 1.29 is 8.42 Å². The number of hydrogen-bond donors (Lipinski definition) is 1. The van der Waals surface area contributed by atoms with Gasteiger partial charge in [0.1, 0.15) is 4.90 Å². The molecule has 0 radical (unpaired) electrons. The molecule has 18 heavy (non-hydrogen) atoms. The van der Waals surface area contributed by atoms with Gasteiger partial charge < -0.3 is 5.32 Å². The Hall–Kier alpha value is -0.330. The van der Waals surface area contributed by atoms with E-state index in [0.717, 1.165) is 0 Å². The molecule has 1 aromatic carbocycles. The van der Waals surface area contributed by atoms with Gasteiger partial charge in [0.05, 0.1) is 5.02 Å². The molecule has 100 valence electrons. The Labute approximate surface area is 117 Å². The molecule has 1 saturated heterocycles. The smallest absolute Gasteiger partial charge is 0.244 e. The van der Waals surface area contributed by atoms with Crippen LogP contribution < -0.4 is 5.32 Å². The summed E-state index contributed by atoms with van der Waals surface area (Å²) in [5.41, 5.74) is 0. The minimum absolute atomic E-state index is 0.0875. The zero-order valence-corrected chi connectivity index (χ0v) is 12.2. The van der Waals surface area contributed by atoms with E-state index in [9.17, 15) is 8.42 Å². The summed E-state index contributed by atoms with van der Waals surface area (Å²) in [6.07, 6.45) is 0. The Balaban J connectivity index is 2.41. The normalized spacial score (nSPS) is 22.1. The van der Waals surface area contributed by atoms with E-state index in [0.29, 0.717) is 24.7 Å². The lowest BCUT2D eigenvalue weighted by molar-refractivity contribution is 0.284. The van der Waals surface area contributed by atoms with Crippen molar-refractivity contribution in [3.05, 3.63) is 28.2 Å². The maximum atomic E-state index is 12.5. The average Bonchev–Trinajstić information content (AvgIpc) is 2.28. The summed E-state index contributed by atoms with van der Waals surface area (Å²) in [5, 5.41) is 3.74. The van der Waals surface area contributed by atoms with Crippen molar-refractivity contribution in [2.24, 2.45) is 0 Å². The minimum Gasteiger partial charge on any atom is -0.314 e. The predicted molar refractivity (Wildman–Crippen MR) is 72.7 cm³/mol. The van der Waals surface area contributed by atoms with Crippen molar-refractivity contribution in [3.8, 4) is 0 Å². The maximum Gasteiger partial charge on any atom is 0.244 e. The van der Waals surface area contributed by atoms with Crippen molar-refractivity contribution in [1.29, 1.82) is 0 Å². The summed E-state index contributed by atoms with van der Waals surface area (Å²) in [5.74, 6) is 0. The molecule has 7 heteroatoms. The van der Waals surface area contributed by atoms with Gasteiger partial charge in [-0.25, -0.2) is 8.42 Å². The zero-order chi connectivity index (χ0) is 13.3. The molecule has 0 saturated carbocycles. The van der Waals surface area contributed by atoms with Crippen molar-refractivity contribution in [3.63, 3.8) is 0 Å². The molecule has 1 atom stereocenters. The third kappa shape index (κ3) is 2.65. The van der Waals surface area contributed by atoms with Crippen molar-refractivity contribution in [2.45, 2.75) is 17.9 Å². The molecule has 0 unspecified atom stereocenters. The lowest BCUT2D eigenvalue weighted by Crippen LogP contribution is -2.52. The highest BCUT2D eigenvalue weighted by Gasteiger charge is 2.32. The molecule has 0 aromatic heterocycles. The molecule has 2 rings (SSSR count). The number of nitrogens with one attached hydrogen (secondary N) is 1. The number of sulfonamides is 1. The van der Waals surface area contributed by atoms with E-state index < -0.39 is 10.0 Å². The van der Waals surface area contributed by atoms with Crippen LogP contribution in [-0.4, -0.2) is 38.4 Å². The van der Waals surface area contributed by atoms with Crippen LogP contribution in [0.25, 0.3) is 0 Å². The quantitative estimate of drug-likeness (QED) is 0.909. The average molecular weight is 309 g/mol. The monoisotopic (exact) mass is 308 g/mol. The molecule has 0 aliphatic carbocycles. The topological polar surface area (TPSA) is 49.4 Å². The third-order valence-corrected chi connectivity index (χ3v) is 5.65. The number of hydrogen-bond acceptors (Lipinski definition) is 3. The molecule has 1 N–H and O–H groups in total. The highest BCUT2D eigenvalue weighted by atomic mass is 35.5. The van der Waals surface area contributed by atoms with Crippen LogP contribution >= 0.6 is 23.2 Å². The van der Waals surface area contributed by atoms with Gasteiger partial charge in [-0.05, 0) is 25.1 Å². The first-order chi connectivity index (χ1) is 8.43. The molecule has 1 aromatic rings. The summed E-state index contributed by atoms with van der Waals surface area (Å²) in [6, 6.07) is 4.35. The second-order valence-electron chi connectivity index (χ2n) is 4.24. The van der Waals surface area contributed by atoms with Gasteiger partial charge in [0.2, 0.25) is 10.0 Å². The van der Waals surface area contributed by atoms with Crippen LogP contribution in [0.15, 0.2) is 23.1 Å². The van der Waals surface area contributed by atoms with Gasteiger partial charge in [-0.1, -0.05) is 23.2 Å². The lowest BCUT2D eigenvalue weighted by Gasteiger charge is -2.33. The molecule has 1 fully saturated rings. The second kappa shape index (κ2) is 5.35. The predicted octanol–water partition coefficient (Wildman–Crippen LogP) is 1.98. The van der Waals surface area contributed by atoms with Gasteiger partial charge >= 0.3 is 0 Å². The van der Waals surface area contributed by atoms with Crippen LogP contribution in [0, 0.1) is 0 Å². The van der Waals surface area contributed by atoms with Crippen LogP contribution in [0.3, 0.4) is 0 Å². The second-order valence-corrected chi connectivity index (χ2v) is 6.95. The summed E-state index contributed by atoms with van der Waals surface area (Å²) in [7, 11) is -3.56. The van der Waals surface area contributed by atoms with Crippen molar-refractivity contribution in [1.82, 2.24) is 9.62 Å². The highest BCUT2D eigenvalue weighted by Crippen LogP contribution is 2.28. The molecular formula is C11H14Cl2N2O2S. The fourth-order valence-electron chi connectivity index (χ4n) is 1.99. The van der Waals surface area contributed by atoms with E-state index in [1.165, 1.54) is 22.5 Å². The van der Waals surface area contributed by atoms with Crippen LogP contribution in [0.4, 0.5) is 0 Å². The first-order valence-electron chi connectivity index (χ1n) is 5.60. The zero-order valence-electron chi connectivity index (χ0n) is 9.86. The largest absolute Gasteiger partial charge is 0.314 e. The van der Waals surface area contributed by atoms with Gasteiger partial charge in [-0.3, -0.25) is 0 Å². The summed E-state index contributed by atoms with van der Waals surface area (Å²) in [4.78, 5) is 0.113. The van der Waals surface area contributed by atoms with Crippen LogP contribution in [0.1, 0.15) is 6.92 Å². The van der Waals surface area contributed by atoms with E-state index in [2.05, 4.69) is 5.32 Å². The van der Waals surface area contributed by atoms with Crippen molar-refractivity contribution >= 4 is 33.2 Å². The fraction of sp³-hybridized carbons (Fsp3) is 0.455. The number of rotatable bonds is 2. The SMILES string of the molecule is C[C@@H]1CNCCN1S(=O)(=O)c1ccc(Cl)cc1Cl. The van der Waals surface area contributed by atoms with E-state index in [1.807, 2.05) is 6.92 Å².